The topological polar surface area (TPSA) is 79.3 Å². The van der Waals surface area contributed by atoms with Crippen LogP contribution < -0.4 is 5.32 Å². The van der Waals surface area contributed by atoms with E-state index in [0.29, 0.717) is 16.9 Å². The Balaban J connectivity index is 2.27. The van der Waals surface area contributed by atoms with Gasteiger partial charge in [-0.2, -0.15) is 0 Å². The minimum atomic E-state index is -1.01. The highest BCUT2D eigenvalue weighted by atomic mass is 32.1. The number of aromatic carboxylic acids is 1. The molecule has 1 aromatic heterocycles. The quantitative estimate of drug-likeness (QED) is 0.898. The number of carboxylic acid groups (broad SMARTS) is 1. The molecule has 116 valence electrons. The van der Waals surface area contributed by atoms with Gasteiger partial charge in [-0.1, -0.05) is 19.9 Å². The number of hydrogen-bond donors (Lipinski definition) is 2. The molecule has 6 heteroatoms. The van der Waals surface area contributed by atoms with Gasteiger partial charge in [-0.05, 0) is 31.0 Å². The molecule has 1 amide bonds. The van der Waals surface area contributed by atoms with E-state index in [2.05, 4.69) is 10.3 Å². The van der Waals surface area contributed by atoms with Crippen LogP contribution in [0.2, 0.25) is 0 Å². The van der Waals surface area contributed by atoms with Crippen LogP contribution >= 0.6 is 11.3 Å². The number of nitrogens with one attached hydrogen (secondary N) is 1. The second-order valence-electron chi connectivity index (χ2n) is 5.47. The number of aryl methyl sites for hydroxylation is 2. The molecule has 0 unspecified atom stereocenters. The van der Waals surface area contributed by atoms with E-state index in [1.54, 1.807) is 18.4 Å². The number of carboxylic acids is 1. The Labute approximate surface area is 133 Å². The molecular weight excluding hydrogens is 300 g/mol. The molecule has 0 fully saturated rings. The van der Waals surface area contributed by atoms with Gasteiger partial charge >= 0.3 is 5.97 Å². The van der Waals surface area contributed by atoms with Crippen molar-refractivity contribution in [2.24, 2.45) is 0 Å². The fourth-order valence-electron chi connectivity index (χ4n) is 2.06. The Bertz CT molecular complexity index is 735. The third-order valence-corrected chi connectivity index (χ3v) is 4.44. The Morgan fingerprint density at radius 2 is 1.91 bits per heavy atom. The van der Waals surface area contributed by atoms with E-state index in [0.717, 1.165) is 10.6 Å². The number of nitrogens with zero attached hydrogens (tertiary/aromatic N) is 1. The molecule has 5 nitrogen and oxygen atoms in total. The van der Waals surface area contributed by atoms with Crippen LogP contribution in [0.15, 0.2) is 17.5 Å². The maximum absolute atomic E-state index is 12.3. The van der Waals surface area contributed by atoms with E-state index < -0.39 is 5.97 Å². The molecule has 22 heavy (non-hydrogen) atoms. The summed E-state index contributed by atoms with van der Waals surface area (Å²) in [7, 11) is 0. The number of carbonyl (C=O) groups excluding carboxylic acids is 1. The summed E-state index contributed by atoms with van der Waals surface area (Å²) in [6, 6.07) is 3.24. The maximum Gasteiger partial charge on any atom is 0.336 e. The molecular formula is C16H18N2O3S. The van der Waals surface area contributed by atoms with E-state index in [9.17, 15) is 14.7 Å². The van der Waals surface area contributed by atoms with Gasteiger partial charge in [0, 0.05) is 17.0 Å². The van der Waals surface area contributed by atoms with Gasteiger partial charge in [0.1, 0.15) is 5.69 Å². The van der Waals surface area contributed by atoms with Crippen LogP contribution in [0.3, 0.4) is 0 Å². The average molecular weight is 318 g/mol. The number of hydrogen-bond acceptors (Lipinski definition) is 4. The van der Waals surface area contributed by atoms with E-state index in [1.807, 2.05) is 20.8 Å². The fourth-order valence-corrected chi connectivity index (χ4v) is 2.88. The molecule has 0 aliphatic carbocycles. The SMILES string of the molecule is Cc1cc(C)c(C(=O)O)cc1NC(=O)c1csc(C(C)C)n1. The smallest absolute Gasteiger partial charge is 0.336 e. The van der Waals surface area contributed by atoms with Crippen molar-refractivity contribution >= 4 is 28.9 Å². The van der Waals surface area contributed by atoms with Crippen LogP contribution in [0.4, 0.5) is 5.69 Å². The Kier molecular flexibility index (Phi) is 4.61. The highest BCUT2D eigenvalue weighted by Crippen LogP contribution is 2.23. The average Bonchev–Trinajstić information content (AvgIpc) is 2.91. The van der Waals surface area contributed by atoms with Crippen LogP contribution in [0.5, 0.6) is 0 Å². The molecule has 0 radical (unpaired) electrons. The molecule has 0 aliphatic rings. The first-order valence-electron chi connectivity index (χ1n) is 6.91. The number of carbonyl (C=O) groups is 2. The minimum absolute atomic E-state index is 0.182. The Morgan fingerprint density at radius 1 is 1.23 bits per heavy atom. The van der Waals surface area contributed by atoms with Gasteiger partial charge in [0.15, 0.2) is 0 Å². The van der Waals surface area contributed by atoms with E-state index >= 15 is 0 Å². The fraction of sp³-hybridized carbons (Fsp3) is 0.312. The lowest BCUT2D eigenvalue weighted by molar-refractivity contribution is 0.0695. The first kappa shape index (κ1) is 16.2. The summed E-state index contributed by atoms with van der Waals surface area (Å²) in [6.07, 6.45) is 0. The van der Waals surface area contributed by atoms with Crippen LogP contribution in [-0.2, 0) is 0 Å². The summed E-state index contributed by atoms with van der Waals surface area (Å²) in [5.74, 6) is -1.07. The molecule has 1 heterocycles. The largest absolute Gasteiger partial charge is 0.478 e. The van der Waals surface area contributed by atoms with Crippen molar-refractivity contribution in [2.75, 3.05) is 5.32 Å². The standard InChI is InChI=1S/C16H18N2O3S/c1-8(2)15-18-13(7-22-15)14(19)17-12-6-11(16(20)21)9(3)5-10(12)4/h5-8H,1-4H3,(H,17,19)(H,20,21). The summed E-state index contributed by atoms with van der Waals surface area (Å²) < 4.78 is 0. The second-order valence-corrected chi connectivity index (χ2v) is 6.36. The van der Waals surface area contributed by atoms with E-state index in [-0.39, 0.29) is 17.4 Å². The zero-order valence-electron chi connectivity index (χ0n) is 12.9. The zero-order chi connectivity index (χ0) is 16.4. The van der Waals surface area contributed by atoms with E-state index in [1.165, 1.54) is 17.4 Å². The van der Waals surface area contributed by atoms with Crippen molar-refractivity contribution in [2.45, 2.75) is 33.6 Å². The highest BCUT2D eigenvalue weighted by Gasteiger charge is 2.16. The number of amides is 1. The molecule has 0 saturated heterocycles. The van der Waals surface area contributed by atoms with Crippen molar-refractivity contribution in [1.29, 1.82) is 0 Å². The van der Waals surface area contributed by atoms with Crippen LogP contribution in [0, 0.1) is 13.8 Å². The molecule has 0 atom stereocenters. The number of rotatable bonds is 4. The third-order valence-electron chi connectivity index (χ3n) is 3.30. The molecule has 1 aromatic carbocycles. The summed E-state index contributed by atoms with van der Waals surface area (Å²) in [5.41, 5.74) is 2.51. The normalized spacial score (nSPS) is 10.8. The molecule has 0 bridgehead atoms. The van der Waals surface area contributed by atoms with Crippen molar-refractivity contribution in [3.8, 4) is 0 Å². The summed E-state index contributed by atoms with van der Waals surface area (Å²) in [6.45, 7) is 7.60. The monoisotopic (exact) mass is 318 g/mol. The molecule has 2 N–H and O–H groups in total. The predicted molar refractivity (Wildman–Crippen MR) is 87.0 cm³/mol. The van der Waals surface area contributed by atoms with E-state index in [4.69, 9.17) is 0 Å². The van der Waals surface area contributed by atoms with Gasteiger partial charge in [0.25, 0.3) is 5.91 Å². The maximum atomic E-state index is 12.3. The van der Waals surface area contributed by atoms with Gasteiger partial charge in [-0.25, -0.2) is 9.78 Å². The first-order valence-corrected chi connectivity index (χ1v) is 7.79. The predicted octanol–water partition coefficient (Wildman–Crippen LogP) is 3.83. The number of thiazole rings is 1. The molecule has 0 spiro atoms. The number of anilines is 1. The molecule has 0 saturated carbocycles. The lowest BCUT2D eigenvalue weighted by Crippen LogP contribution is -2.14. The highest BCUT2D eigenvalue weighted by molar-refractivity contribution is 7.09. The number of benzene rings is 1. The summed E-state index contributed by atoms with van der Waals surface area (Å²) in [4.78, 5) is 27.8. The van der Waals surface area contributed by atoms with Crippen molar-refractivity contribution in [3.63, 3.8) is 0 Å². The summed E-state index contributed by atoms with van der Waals surface area (Å²) in [5, 5.41) is 14.5. The van der Waals surface area contributed by atoms with Crippen LogP contribution in [0.1, 0.15) is 56.7 Å². The summed E-state index contributed by atoms with van der Waals surface area (Å²) >= 11 is 1.45. The Morgan fingerprint density at radius 3 is 2.45 bits per heavy atom. The first-order chi connectivity index (χ1) is 10.3. The molecule has 2 rings (SSSR count). The van der Waals surface area contributed by atoms with Gasteiger partial charge in [0.05, 0.1) is 10.6 Å². The lowest BCUT2D eigenvalue weighted by atomic mass is 10.0. The third kappa shape index (κ3) is 3.33. The van der Waals surface area contributed by atoms with Gasteiger partial charge in [-0.3, -0.25) is 4.79 Å². The van der Waals surface area contributed by atoms with Crippen LogP contribution in [-0.4, -0.2) is 22.0 Å². The lowest BCUT2D eigenvalue weighted by Gasteiger charge is -2.10. The molecule has 0 aliphatic heterocycles. The van der Waals surface area contributed by atoms with Gasteiger partial charge < -0.3 is 10.4 Å². The Hall–Kier alpha value is -2.21. The molecule has 2 aromatic rings. The van der Waals surface area contributed by atoms with Crippen LogP contribution in [0.25, 0.3) is 0 Å². The second kappa shape index (κ2) is 6.27. The zero-order valence-corrected chi connectivity index (χ0v) is 13.7. The van der Waals surface area contributed by atoms with Crippen molar-refractivity contribution in [3.05, 3.63) is 44.9 Å². The minimum Gasteiger partial charge on any atom is -0.478 e. The van der Waals surface area contributed by atoms with Gasteiger partial charge in [0.2, 0.25) is 0 Å². The van der Waals surface area contributed by atoms with Crippen molar-refractivity contribution < 1.29 is 14.7 Å². The van der Waals surface area contributed by atoms with Gasteiger partial charge in [-0.15, -0.1) is 11.3 Å². The van der Waals surface area contributed by atoms with Crippen molar-refractivity contribution in [1.82, 2.24) is 4.98 Å². The number of aromatic nitrogens is 1.